The average molecular weight is 643 g/mol. The molecule has 7 nitrogen and oxygen atoms in total. The van der Waals surface area contributed by atoms with Crippen molar-refractivity contribution in [2.24, 2.45) is 0 Å². The van der Waals surface area contributed by atoms with E-state index in [0.717, 1.165) is 25.7 Å². The van der Waals surface area contributed by atoms with Crippen LogP contribution in [0.25, 0.3) is 0 Å². The van der Waals surface area contributed by atoms with Gasteiger partial charge < -0.3 is 23.7 Å². The molecule has 0 fully saturated rings. The largest absolute Gasteiger partial charge is 0.463 e. The molecule has 0 saturated carbocycles. The molecule has 0 bridgehead atoms. The van der Waals surface area contributed by atoms with Crippen molar-refractivity contribution in [2.45, 2.75) is 181 Å². The first-order valence-corrected chi connectivity index (χ1v) is 19.2. The molecule has 45 heavy (non-hydrogen) atoms. The van der Waals surface area contributed by atoms with Crippen molar-refractivity contribution in [1.29, 1.82) is 0 Å². The first-order valence-electron chi connectivity index (χ1n) is 19.2. The minimum Gasteiger partial charge on any atom is -0.463 e. The second kappa shape index (κ2) is 39.0. The summed E-state index contributed by atoms with van der Waals surface area (Å²) in [5, 5.41) is 0. The first-order chi connectivity index (χ1) is 22.2. The Labute approximate surface area is 278 Å². The fraction of sp³-hybridized carbons (Fsp3) is 0.947. The molecule has 0 aromatic heterocycles. The fourth-order valence-electron chi connectivity index (χ4n) is 5.34. The zero-order valence-electron chi connectivity index (χ0n) is 29.9. The summed E-state index contributed by atoms with van der Waals surface area (Å²) >= 11 is 0. The molecule has 0 amide bonds. The van der Waals surface area contributed by atoms with Crippen molar-refractivity contribution >= 4 is 11.9 Å². The third-order valence-corrected chi connectivity index (χ3v) is 8.19. The van der Waals surface area contributed by atoms with Crippen LogP contribution in [0, 0.1) is 0 Å². The number of hydrogen-bond donors (Lipinski definition) is 0. The molecule has 0 heterocycles. The van der Waals surface area contributed by atoms with Gasteiger partial charge in [-0.1, -0.05) is 155 Å². The van der Waals surface area contributed by atoms with Gasteiger partial charge >= 0.3 is 11.9 Å². The van der Waals surface area contributed by atoms with Gasteiger partial charge in [-0.15, -0.1) is 0 Å². The predicted octanol–water partition coefficient (Wildman–Crippen LogP) is 10.3. The monoisotopic (exact) mass is 643 g/mol. The second-order valence-corrected chi connectivity index (χ2v) is 12.6. The third-order valence-electron chi connectivity index (χ3n) is 8.19. The summed E-state index contributed by atoms with van der Waals surface area (Å²) in [5.41, 5.74) is 0. The van der Waals surface area contributed by atoms with Crippen LogP contribution in [0.15, 0.2) is 0 Å². The Morgan fingerprint density at radius 2 is 0.533 bits per heavy atom. The summed E-state index contributed by atoms with van der Waals surface area (Å²) in [6.07, 6.45) is 31.9. The maximum Gasteiger partial charge on any atom is 0.305 e. The van der Waals surface area contributed by atoms with Crippen LogP contribution in [0.1, 0.15) is 181 Å². The summed E-state index contributed by atoms with van der Waals surface area (Å²) in [5.74, 6) is -0.261. The van der Waals surface area contributed by atoms with Gasteiger partial charge in [0.1, 0.15) is 13.2 Å². The zero-order valence-corrected chi connectivity index (χ0v) is 29.9. The standard InChI is InChI=1S/C38H74O7/c1-3-5-7-9-11-13-15-17-19-21-23-25-27-37(39)44-35-33-42-31-29-41-30-32-43-34-36-45-38(40)28-26-24-22-20-18-16-14-12-10-8-6-4-2/h3-36H2,1-2H3. The van der Waals surface area contributed by atoms with E-state index in [0.29, 0.717) is 52.5 Å². The highest BCUT2D eigenvalue weighted by Crippen LogP contribution is 2.14. The molecule has 0 saturated heterocycles. The molecule has 0 aliphatic rings. The van der Waals surface area contributed by atoms with E-state index in [9.17, 15) is 9.59 Å². The molecule has 0 unspecified atom stereocenters. The molecule has 268 valence electrons. The van der Waals surface area contributed by atoms with Crippen molar-refractivity contribution in [2.75, 3.05) is 52.9 Å². The van der Waals surface area contributed by atoms with Gasteiger partial charge in [-0.2, -0.15) is 0 Å². The lowest BCUT2D eigenvalue weighted by molar-refractivity contribution is -0.146. The van der Waals surface area contributed by atoms with Crippen molar-refractivity contribution in [3.8, 4) is 0 Å². The molecule has 0 N–H and O–H groups in total. The van der Waals surface area contributed by atoms with Gasteiger partial charge in [0.15, 0.2) is 0 Å². The summed E-state index contributed by atoms with van der Waals surface area (Å²) in [6.45, 7) is 7.70. The van der Waals surface area contributed by atoms with Gasteiger partial charge in [-0.25, -0.2) is 0 Å². The molecule has 0 rings (SSSR count). The Morgan fingerprint density at radius 3 is 0.800 bits per heavy atom. The van der Waals surface area contributed by atoms with Crippen molar-refractivity contribution in [1.82, 2.24) is 0 Å². The molecule has 0 aromatic rings. The van der Waals surface area contributed by atoms with Crippen LogP contribution in [0.2, 0.25) is 0 Å². The lowest BCUT2D eigenvalue weighted by Gasteiger charge is -2.08. The summed E-state index contributed by atoms with van der Waals surface area (Å²) in [7, 11) is 0. The molecular weight excluding hydrogens is 568 g/mol. The Hall–Kier alpha value is -1.18. The normalized spacial score (nSPS) is 11.2. The van der Waals surface area contributed by atoms with E-state index in [-0.39, 0.29) is 25.2 Å². The predicted molar refractivity (Wildman–Crippen MR) is 186 cm³/mol. The average Bonchev–Trinajstić information content (AvgIpc) is 3.04. The number of ether oxygens (including phenoxy) is 5. The molecule has 0 aliphatic carbocycles. The van der Waals surface area contributed by atoms with Crippen molar-refractivity contribution in [3.63, 3.8) is 0 Å². The van der Waals surface area contributed by atoms with Crippen LogP contribution >= 0.6 is 0 Å². The van der Waals surface area contributed by atoms with Crippen LogP contribution in [-0.4, -0.2) is 64.8 Å². The lowest BCUT2D eigenvalue weighted by Crippen LogP contribution is -2.15. The van der Waals surface area contributed by atoms with Gasteiger partial charge in [0.05, 0.1) is 39.6 Å². The van der Waals surface area contributed by atoms with Gasteiger partial charge in [0.2, 0.25) is 0 Å². The molecular formula is C38H74O7. The van der Waals surface area contributed by atoms with Crippen LogP contribution < -0.4 is 0 Å². The van der Waals surface area contributed by atoms with Gasteiger partial charge in [0, 0.05) is 12.8 Å². The number of carbonyl (C=O) groups excluding carboxylic acids is 2. The molecule has 0 aliphatic heterocycles. The Kier molecular flexibility index (Phi) is 38.0. The first kappa shape index (κ1) is 43.8. The SMILES string of the molecule is CCCCCCCCCCCCCCC(=O)OCCOCCOCCOCCOC(=O)CCCCCCCCCCCCCC. The van der Waals surface area contributed by atoms with E-state index in [1.807, 2.05) is 0 Å². The summed E-state index contributed by atoms with van der Waals surface area (Å²) in [4.78, 5) is 23.7. The highest BCUT2D eigenvalue weighted by molar-refractivity contribution is 5.69. The lowest BCUT2D eigenvalue weighted by atomic mass is 10.0. The van der Waals surface area contributed by atoms with E-state index in [1.165, 1.54) is 128 Å². The van der Waals surface area contributed by atoms with E-state index >= 15 is 0 Å². The van der Waals surface area contributed by atoms with E-state index in [1.54, 1.807) is 0 Å². The van der Waals surface area contributed by atoms with Crippen molar-refractivity contribution in [3.05, 3.63) is 0 Å². The number of carbonyl (C=O) groups is 2. The fourth-order valence-corrected chi connectivity index (χ4v) is 5.34. The molecule has 7 heteroatoms. The Bertz CT molecular complexity index is 549. The second-order valence-electron chi connectivity index (χ2n) is 12.6. The van der Waals surface area contributed by atoms with Gasteiger partial charge in [-0.05, 0) is 12.8 Å². The highest BCUT2D eigenvalue weighted by atomic mass is 16.6. The number of rotatable bonds is 38. The molecule has 0 atom stereocenters. The zero-order chi connectivity index (χ0) is 32.7. The van der Waals surface area contributed by atoms with E-state index in [4.69, 9.17) is 23.7 Å². The maximum absolute atomic E-state index is 11.8. The number of esters is 2. The van der Waals surface area contributed by atoms with Crippen LogP contribution in [0.5, 0.6) is 0 Å². The van der Waals surface area contributed by atoms with Gasteiger partial charge in [0.25, 0.3) is 0 Å². The highest BCUT2D eigenvalue weighted by Gasteiger charge is 2.04. The van der Waals surface area contributed by atoms with Crippen LogP contribution in [0.3, 0.4) is 0 Å². The van der Waals surface area contributed by atoms with Crippen LogP contribution in [0.4, 0.5) is 0 Å². The van der Waals surface area contributed by atoms with Crippen LogP contribution in [-0.2, 0) is 33.3 Å². The Balaban J connectivity index is 3.22. The number of unbranched alkanes of at least 4 members (excludes halogenated alkanes) is 22. The van der Waals surface area contributed by atoms with Gasteiger partial charge in [-0.3, -0.25) is 9.59 Å². The molecule has 0 radical (unpaired) electrons. The van der Waals surface area contributed by atoms with Crippen molar-refractivity contribution < 1.29 is 33.3 Å². The van der Waals surface area contributed by atoms with E-state index < -0.39 is 0 Å². The Morgan fingerprint density at radius 1 is 0.311 bits per heavy atom. The third kappa shape index (κ3) is 38.9. The summed E-state index contributed by atoms with van der Waals surface area (Å²) in [6, 6.07) is 0. The quantitative estimate of drug-likeness (QED) is 0.0490. The maximum atomic E-state index is 11.8. The summed E-state index contributed by atoms with van der Waals surface area (Å²) < 4.78 is 26.9. The molecule has 0 aromatic carbocycles. The smallest absolute Gasteiger partial charge is 0.305 e. The van der Waals surface area contributed by atoms with E-state index in [2.05, 4.69) is 13.8 Å². The number of hydrogen-bond acceptors (Lipinski definition) is 7. The molecule has 0 spiro atoms. The topological polar surface area (TPSA) is 80.3 Å². The minimum atomic E-state index is -0.130. The minimum absolute atomic E-state index is 0.130.